The molecule has 0 N–H and O–H groups in total. The Morgan fingerprint density at radius 1 is 0.931 bits per heavy atom. The summed E-state index contributed by atoms with van der Waals surface area (Å²) in [6.07, 6.45) is 1.72. The highest BCUT2D eigenvalue weighted by molar-refractivity contribution is 6.30. The first-order valence-electron chi connectivity index (χ1n) is 9.56. The molecule has 2 amide bonds. The Morgan fingerprint density at radius 3 is 2.17 bits per heavy atom. The van der Waals surface area contributed by atoms with Crippen LogP contribution in [-0.4, -0.2) is 47.8 Å². The largest absolute Gasteiger partial charge is 0.337 e. The van der Waals surface area contributed by atoms with E-state index in [1.165, 1.54) is 12.1 Å². The number of hydrogen-bond acceptors (Lipinski definition) is 2. The zero-order valence-electron chi connectivity index (χ0n) is 15.8. The molecule has 4 rings (SSSR count). The summed E-state index contributed by atoms with van der Waals surface area (Å²) in [5.74, 6) is 4.92. The first-order chi connectivity index (χ1) is 13.9. The minimum absolute atomic E-state index is 0.0240. The van der Waals surface area contributed by atoms with Crippen molar-refractivity contribution in [2.75, 3.05) is 26.2 Å². The highest BCUT2D eigenvalue weighted by Gasteiger charge is 2.47. The summed E-state index contributed by atoms with van der Waals surface area (Å²) in [5.41, 5.74) is 1.36. The van der Waals surface area contributed by atoms with Gasteiger partial charge in [-0.15, -0.1) is 0 Å². The normalized spacial score (nSPS) is 17.3. The fourth-order valence-electron chi connectivity index (χ4n) is 3.92. The molecule has 0 aliphatic carbocycles. The van der Waals surface area contributed by atoms with Gasteiger partial charge in [0.25, 0.3) is 11.8 Å². The van der Waals surface area contributed by atoms with Gasteiger partial charge in [0.1, 0.15) is 5.82 Å². The number of amides is 2. The molecule has 148 valence electrons. The highest BCUT2D eigenvalue weighted by atomic mass is 35.5. The summed E-state index contributed by atoms with van der Waals surface area (Å²) in [7, 11) is 0. The lowest BCUT2D eigenvalue weighted by molar-refractivity contribution is -0.129. The maximum atomic E-state index is 12.9. The van der Waals surface area contributed by atoms with Gasteiger partial charge in [0.05, 0.1) is 0 Å². The molecule has 0 unspecified atom stereocenters. The molecular weight excluding hydrogens is 391 g/mol. The SMILES string of the molecule is O=C(C#Cc1ccc(F)cc1)N1CCC2(CC1)CN(C(=O)c1ccc(Cl)cc1)C2. The predicted octanol–water partition coefficient (Wildman–Crippen LogP) is 3.60. The number of nitrogens with zero attached hydrogens (tertiary/aromatic N) is 2. The van der Waals surface area contributed by atoms with Crippen LogP contribution < -0.4 is 0 Å². The average molecular weight is 411 g/mol. The van der Waals surface area contributed by atoms with Gasteiger partial charge in [-0.1, -0.05) is 17.5 Å². The van der Waals surface area contributed by atoms with Crippen LogP contribution in [0.2, 0.25) is 5.02 Å². The second-order valence-electron chi connectivity index (χ2n) is 7.72. The molecule has 2 heterocycles. The zero-order valence-corrected chi connectivity index (χ0v) is 16.6. The molecule has 2 saturated heterocycles. The van der Waals surface area contributed by atoms with Crippen LogP contribution in [-0.2, 0) is 4.79 Å². The van der Waals surface area contributed by atoms with E-state index in [2.05, 4.69) is 11.8 Å². The van der Waals surface area contributed by atoms with E-state index in [1.54, 1.807) is 41.3 Å². The number of halogens is 2. The Hall–Kier alpha value is -2.84. The molecule has 2 aliphatic rings. The summed E-state index contributed by atoms with van der Waals surface area (Å²) in [4.78, 5) is 28.5. The molecule has 0 aromatic heterocycles. The van der Waals surface area contributed by atoms with Crippen LogP contribution in [0.15, 0.2) is 48.5 Å². The Kier molecular flexibility index (Phi) is 5.29. The summed E-state index contributed by atoms with van der Waals surface area (Å²) in [5, 5.41) is 0.612. The van der Waals surface area contributed by atoms with Crippen LogP contribution in [0.1, 0.15) is 28.8 Å². The third-order valence-corrected chi connectivity index (χ3v) is 5.95. The standard InChI is InChI=1S/C23H20ClFN2O2/c24-19-6-4-18(5-7-19)22(29)27-15-23(16-27)11-13-26(14-12-23)21(28)10-3-17-1-8-20(25)9-2-17/h1-2,4-9H,11-16H2. The van der Waals surface area contributed by atoms with Gasteiger partial charge in [0, 0.05) is 53.7 Å². The van der Waals surface area contributed by atoms with Crippen LogP contribution in [0, 0.1) is 23.1 Å². The number of hydrogen-bond donors (Lipinski definition) is 0. The van der Waals surface area contributed by atoms with Gasteiger partial charge in [-0.05, 0) is 61.4 Å². The lowest BCUT2D eigenvalue weighted by Crippen LogP contribution is -2.62. The van der Waals surface area contributed by atoms with Crippen molar-refractivity contribution >= 4 is 23.4 Å². The fraction of sp³-hybridized carbons (Fsp3) is 0.304. The fourth-order valence-corrected chi connectivity index (χ4v) is 4.05. The second kappa shape index (κ2) is 7.88. The van der Waals surface area contributed by atoms with Gasteiger partial charge in [-0.3, -0.25) is 9.59 Å². The van der Waals surface area contributed by atoms with Crippen LogP contribution in [0.5, 0.6) is 0 Å². The van der Waals surface area contributed by atoms with Crippen molar-refractivity contribution in [1.82, 2.24) is 9.80 Å². The van der Waals surface area contributed by atoms with Gasteiger partial charge >= 0.3 is 0 Å². The number of likely N-dealkylation sites (tertiary alicyclic amines) is 2. The van der Waals surface area contributed by atoms with Gasteiger partial charge in [0.2, 0.25) is 0 Å². The average Bonchev–Trinajstić information content (AvgIpc) is 2.71. The van der Waals surface area contributed by atoms with Gasteiger partial charge < -0.3 is 9.80 Å². The highest BCUT2D eigenvalue weighted by Crippen LogP contribution is 2.41. The van der Waals surface area contributed by atoms with E-state index in [-0.39, 0.29) is 23.0 Å². The molecule has 29 heavy (non-hydrogen) atoms. The summed E-state index contributed by atoms with van der Waals surface area (Å²) >= 11 is 5.88. The molecule has 4 nitrogen and oxygen atoms in total. The van der Waals surface area contributed by atoms with Gasteiger partial charge in [-0.2, -0.15) is 0 Å². The van der Waals surface area contributed by atoms with Gasteiger partial charge in [-0.25, -0.2) is 4.39 Å². The van der Waals surface area contributed by atoms with E-state index in [9.17, 15) is 14.0 Å². The minimum atomic E-state index is -0.327. The van der Waals surface area contributed by atoms with Crippen LogP contribution >= 0.6 is 11.6 Å². The van der Waals surface area contributed by atoms with Crippen molar-refractivity contribution in [1.29, 1.82) is 0 Å². The second-order valence-corrected chi connectivity index (χ2v) is 8.15. The van der Waals surface area contributed by atoms with Crippen molar-refractivity contribution in [3.05, 3.63) is 70.5 Å². The smallest absolute Gasteiger partial charge is 0.298 e. The monoisotopic (exact) mass is 410 g/mol. The lowest BCUT2D eigenvalue weighted by atomic mass is 9.71. The van der Waals surface area contributed by atoms with E-state index in [0.717, 1.165) is 25.9 Å². The molecule has 0 bridgehead atoms. The third kappa shape index (κ3) is 4.28. The topological polar surface area (TPSA) is 40.6 Å². The lowest BCUT2D eigenvalue weighted by Gasteiger charge is -2.53. The number of piperidine rings is 1. The third-order valence-electron chi connectivity index (χ3n) is 5.70. The summed E-state index contributed by atoms with van der Waals surface area (Å²) < 4.78 is 12.9. The van der Waals surface area contributed by atoms with Crippen molar-refractivity contribution in [2.45, 2.75) is 12.8 Å². The van der Waals surface area contributed by atoms with Crippen LogP contribution in [0.3, 0.4) is 0 Å². The van der Waals surface area contributed by atoms with E-state index >= 15 is 0 Å². The molecule has 6 heteroatoms. The van der Waals surface area contributed by atoms with Gasteiger partial charge in [0.15, 0.2) is 0 Å². The van der Waals surface area contributed by atoms with E-state index in [0.29, 0.717) is 29.2 Å². The Balaban J connectivity index is 1.29. The van der Waals surface area contributed by atoms with Crippen molar-refractivity contribution in [2.24, 2.45) is 5.41 Å². The van der Waals surface area contributed by atoms with Crippen LogP contribution in [0.4, 0.5) is 4.39 Å². The van der Waals surface area contributed by atoms with Crippen molar-refractivity contribution in [3.8, 4) is 11.8 Å². The summed E-state index contributed by atoms with van der Waals surface area (Å²) in [6, 6.07) is 12.7. The quantitative estimate of drug-likeness (QED) is 0.674. The molecular formula is C23H20ClFN2O2. The summed E-state index contributed by atoms with van der Waals surface area (Å²) in [6.45, 7) is 2.72. The minimum Gasteiger partial charge on any atom is -0.337 e. The van der Waals surface area contributed by atoms with Crippen LogP contribution in [0.25, 0.3) is 0 Å². The molecule has 2 fully saturated rings. The maximum Gasteiger partial charge on any atom is 0.298 e. The van der Waals surface area contributed by atoms with Crippen molar-refractivity contribution in [3.63, 3.8) is 0 Å². The first-order valence-corrected chi connectivity index (χ1v) is 9.93. The number of carbonyl (C=O) groups is 2. The molecule has 0 radical (unpaired) electrons. The number of benzene rings is 2. The Labute approximate surface area is 174 Å². The number of rotatable bonds is 1. The van der Waals surface area contributed by atoms with E-state index < -0.39 is 0 Å². The molecule has 0 atom stereocenters. The molecule has 2 aliphatic heterocycles. The van der Waals surface area contributed by atoms with Crippen molar-refractivity contribution < 1.29 is 14.0 Å². The molecule has 1 spiro atoms. The molecule has 2 aromatic rings. The Bertz CT molecular complexity index is 976. The Morgan fingerprint density at radius 2 is 1.55 bits per heavy atom. The van der Waals surface area contributed by atoms with E-state index in [1.807, 2.05) is 4.90 Å². The molecule has 2 aromatic carbocycles. The first kappa shape index (κ1) is 19.5. The maximum absolute atomic E-state index is 12.9. The molecule has 0 saturated carbocycles. The number of carbonyl (C=O) groups excluding carboxylic acids is 2. The van der Waals surface area contributed by atoms with E-state index in [4.69, 9.17) is 11.6 Å². The zero-order chi connectivity index (χ0) is 20.4. The predicted molar refractivity (Wildman–Crippen MR) is 109 cm³/mol.